The summed E-state index contributed by atoms with van der Waals surface area (Å²) in [5.41, 5.74) is 1.80. The van der Waals surface area contributed by atoms with Gasteiger partial charge in [0.25, 0.3) is 5.91 Å². The Morgan fingerprint density at radius 3 is 2.30 bits per heavy atom. The maximum atomic E-state index is 12.5. The van der Waals surface area contributed by atoms with Crippen molar-refractivity contribution in [2.45, 2.75) is 46.1 Å². The van der Waals surface area contributed by atoms with Crippen LogP contribution in [0.25, 0.3) is 0 Å². The Labute approximate surface area is 146 Å². The van der Waals surface area contributed by atoms with Gasteiger partial charge in [0.2, 0.25) is 0 Å². The largest absolute Gasteiger partial charge is 0.321 e. The molecular weight excluding hydrogens is 333 g/mol. The summed E-state index contributed by atoms with van der Waals surface area (Å²) in [5, 5.41) is 8.13. The molecule has 0 atom stereocenters. The van der Waals surface area contributed by atoms with Crippen molar-refractivity contribution in [3.8, 4) is 0 Å². The zero-order valence-electron chi connectivity index (χ0n) is 13.9. The van der Waals surface area contributed by atoms with Crippen LogP contribution in [0.3, 0.4) is 0 Å². The standard InChI is InChI=1S/C17H21Cl2N3O/c1-10(2)15-9-14(21-22(15)17(3,4)5)16(23)20-11-6-7-12(18)13(19)8-11/h6-10H,1-5H3,(H,20,23). The number of carbonyl (C=O) groups excluding carboxylic acids is 1. The lowest BCUT2D eigenvalue weighted by Crippen LogP contribution is -2.26. The van der Waals surface area contributed by atoms with Crippen LogP contribution in [0.15, 0.2) is 24.3 Å². The van der Waals surface area contributed by atoms with Crippen LogP contribution >= 0.6 is 23.2 Å². The second kappa shape index (κ2) is 6.54. The maximum absolute atomic E-state index is 12.5. The number of carbonyl (C=O) groups is 1. The molecule has 1 amide bonds. The minimum atomic E-state index is -0.270. The third-order valence-corrected chi connectivity index (χ3v) is 4.11. The van der Waals surface area contributed by atoms with Crippen molar-refractivity contribution in [2.24, 2.45) is 0 Å². The fourth-order valence-corrected chi connectivity index (χ4v) is 2.52. The van der Waals surface area contributed by atoms with E-state index in [4.69, 9.17) is 23.2 Å². The SMILES string of the molecule is CC(C)c1cc(C(=O)Nc2ccc(Cl)c(Cl)c2)nn1C(C)(C)C. The molecule has 2 rings (SSSR count). The van der Waals surface area contributed by atoms with Crippen LogP contribution in [0, 0.1) is 0 Å². The van der Waals surface area contributed by atoms with E-state index in [-0.39, 0.29) is 17.4 Å². The van der Waals surface area contributed by atoms with Gasteiger partial charge in [-0.2, -0.15) is 5.10 Å². The number of aromatic nitrogens is 2. The quantitative estimate of drug-likeness (QED) is 0.811. The Morgan fingerprint density at radius 1 is 1.17 bits per heavy atom. The molecule has 124 valence electrons. The molecule has 2 aromatic rings. The lowest BCUT2D eigenvalue weighted by molar-refractivity contribution is 0.102. The van der Waals surface area contributed by atoms with Crippen molar-refractivity contribution in [3.63, 3.8) is 0 Å². The highest BCUT2D eigenvalue weighted by molar-refractivity contribution is 6.42. The second-order valence-electron chi connectivity index (χ2n) is 6.77. The molecule has 0 unspecified atom stereocenters. The molecular formula is C17H21Cl2N3O. The summed E-state index contributed by atoms with van der Waals surface area (Å²) in [7, 11) is 0. The minimum absolute atomic E-state index is 0.193. The Hall–Kier alpha value is -1.52. The molecule has 0 aliphatic rings. The van der Waals surface area contributed by atoms with Gasteiger partial charge < -0.3 is 5.32 Å². The first-order chi connectivity index (χ1) is 10.6. The van der Waals surface area contributed by atoms with Gasteiger partial charge in [0, 0.05) is 11.4 Å². The number of nitrogens with one attached hydrogen (secondary N) is 1. The lowest BCUT2D eigenvalue weighted by Gasteiger charge is -2.23. The summed E-state index contributed by atoms with van der Waals surface area (Å²) in [6.07, 6.45) is 0. The van der Waals surface area contributed by atoms with E-state index in [1.807, 2.05) is 10.7 Å². The Balaban J connectivity index is 2.31. The van der Waals surface area contributed by atoms with Gasteiger partial charge in [0.1, 0.15) is 0 Å². The average molecular weight is 354 g/mol. The van der Waals surface area contributed by atoms with Crippen LogP contribution < -0.4 is 5.32 Å². The highest BCUT2D eigenvalue weighted by atomic mass is 35.5. The summed E-state index contributed by atoms with van der Waals surface area (Å²) in [4.78, 5) is 12.5. The molecule has 0 spiro atoms. The number of nitrogens with zero attached hydrogens (tertiary/aromatic N) is 2. The van der Waals surface area contributed by atoms with E-state index in [0.29, 0.717) is 21.4 Å². The number of hydrogen-bond acceptors (Lipinski definition) is 2. The summed E-state index contributed by atoms with van der Waals surface area (Å²) < 4.78 is 1.90. The van der Waals surface area contributed by atoms with E-state index in [2.05, 4.69) is 45.0 Å². The van der Waals surface area contributed by atoms with Crippen LogP contribution in [0.2, 0.25) is 10.0 Å². The van der Waals surface area contributed by atoms with Crippen LogP contribution in [-0.2, 0) is 5.54 Å². The zero-order chi connectivity index (χ0) is 17.4. The lowest BCUT2D eigenvalue weighted by atomic mass is 10.1. The van der Waals surface area contributed by atoms with E-state index in [9.17, 15) is 4.79 Å². The molecule has 4 nitrogen and oxygen atoms in total. The van der Waals surface area contributed by atoms with Gasteiger partial charge in [0.15, 0.2) is 5.69 Å². The summed E-state index contributed by atoms with van der Waals surface area (Å²) in [6, 6.07) is 6.80. The van der Waals surface area contributed by atoms with E-state index in [1.54, 1.807) is 18.2 Å². The molecule has 0 aliphatic heterocycles. The number of amides is 1. The van der Waals surface area contributed by atoms with Gasteiger partial charge in [-0.25, -0.2) is 0 Å². The maximum Gasteiger partial charge on any atom is 0.276 e. The Kier molecular flexibility index (Phi) is 5.07. The monoisotopic (exact) mass is 353 g/mol. The van der Waals surface area contributed by atoms with Crippen molar-refractivity contribution in [2.75, 3.05) is 5.32 Å². The molecule has 23 heavy (non-hydrogen) atoms. The first kappa shape index (κ1) is 17.8. The Morgan fingerprint density at radius 2 is 1.83 bits per heavy atom. The first-order valence-electron chi connectivity index (χ1n) is 7.46. The van der Waals surface area contributed by atoms with Gasteiger partial charge in [0.05, 0.1) is 15.6 Å². The van der Waals surface area contributed by atoms with Crippen molar-refractivity contribution < 1.29 is 4.79 Å². The fourth-order valence-electron chi connectivity index (χ4n) is 2.22. The molecule has 6 heteroatoms. The minimum Gasteiger partial charge on any atom is -0.321 e. The first-order valence-corrected chi connectivity index (χ1v) is 8.22. The number of halogens is 2. The molecule has 1 heterocycles. The molecule has 1 aromatic heterocycles. The summed E-state index contributed by atoms with van der Waals surface area (Å²) in [5.74, 6) is 0.00143. The molecule has 0 bridgehead atoms. The molecule has 0 saturated heterocycles. The van der Waals surface area contributed by atoms with E-state index in [0.717, 1.165) is 5.69 Å². The molecule has 1 N–H and O–H groups in total. The van der Waals surface area contributed by atoms with Gasteiger partial charge in [-0.3, -0.25) is 9.48 Å². The third-order valence-electron chi connectivity index (χ3n) is 3.37. The zero-order valence-corrected chi connectivity index (χ0v) is 15.5. The van der Waals surface area contributed by atoms with Gasteiger partial charge in [-0.15, -0.1) is 0 Å². The highest BCUT2D eigenvalue weighted by Crippen LogP contribution is 2.26. The highest BCUT2D eigenvalue weighted by Gasteiger charge is 2.23. The van der Waals surface area contributed by atoms with Crippen LogP contribution in [0.4, 0.5) is 5.69 Å². The molecule has 0 saturated carbocycles. The molecule has 0 aliphatic carbocycles. The summed E-state index contributed by atoms with van der Waals surface area (Å²) in [6.45, 7) is 10.4. The molecule has 0 fully saturated rings. The van der Waals surface area contributed by atoms with E-state index >= 15 is 0 Å². The van der Waals surface area contributed by atoms with E-state index in [1.165, 1.54) is 0 Å². The smallest absolute Gasteiger partial charge is 0.276 e. The van der Waals surface area contributed by atoms with Gasteiger partial charge >= 0.3 is 0 Å². The number of rotatable bonds is 3. The normalized spacial score (nSPS) is 11.8. The van der Waals surface area contributed by atoms with E-state index < -0.39 is 0 Å². The van der Waals surface area contributed by atoms with Crippen LogP contribution in [-0.4, -0.2) is 15.7 Å². The number of benzene rings is 1. The van der Waals surface area contributed by atoms with Crippen molar-refractivity contribution >= 4 is 34.8 Å². The van der Waals surface area contributed by atoms with Crippen LogP contribution in [0.1, 0.15) is 56.7 Å². The fraction of sp³-hybridized carbons (Fsp3) is 0.412. The molecule has 0 radical (unpaired) electrons. The number of hydrogen-bond donors (Lipinski definition) is 1. The number of anilines is 1. The third kappa shape index (κ3) is 4.06. The summed E-state index contributed by atoms with van der Waals surface area (Å²) >= 11 is 11.9. The van der Waals surface area contributed by atoms with Crippen molar-refractivity contribution in [1.82, 2.24) is 9.78 Å². The van der Waals surface area contributed by atoms with Crippen molar-refractivity contribution in [1.29, 1.82) is 0 Å². The predicted molar refractivity (Wildman–Crippen MR) is 95.7 cm³/mol. The topological polar surface area (TPSA) is 46.9 Å². The Bertz CT molecular complexity index is 730. The van der Waals surface area contributed by atoms with Gasteiger partial charge in [-0.05, 0) is 51.0 Å². The second-order valence-corrected chi connectivity index (χ2v) is 7.59. The predicted octanol–water partition coefficient (Wildman–Crippen LogP) is 5.32. The van der Waals surface area contributed by atoms with Gasteiger partial charge in [-0.1, -0.05) is 37.0 Å². The van der Waals surface area contributed by atoms with Crippen molar-refractivity contribution in [3.05, 3.63) is 45.7 Å². The van der Waals surface area contributed by atoms with Crippen LogP contribution in [0.5, 0.6) is 0 Å². The average Bonchev–Trinajstić information content (AvgIpc) is 2.88. The molecule has 1 aromatic carbocycles.